The minimum absolute atomic E-state index is 0.178. The summed E-state index contributed by atoms with van der Waals surface area (Å²) in [7, 11) is 0. The summed E-state index contributed by atoms with van der Waals surface area (Å²) < 4.78 is 127. The molecule has 0 aliphatic heterocycles. The van der Waals surface area contributed by atoms with Gasteiger partial charge in [0.15, 0.2) is 34.9 Å². The maximum Gasteiger partial charge on any atom is 0.365 e. The van der Waals surface area contributed by atoms with Gasteiger partial charge in [-0.3, -0.25) is 0 Å². The van der Waals surface area contributed by atoms with Crippen molar-refractivity contribution >= 4 is 11.4 Å². The van der Waals surface area contributed by atoms with Crippen LogP contribution in [-0.2, 0) is 0 Å². The van der Waals surface area contributed by atoms with Gasteiger partial charge in [-0.2, -0.15) is 8.78 Å². The Balaban J connectivity index is 1.94. The fourth-order valence-corrected chi connectivity index (χ4v) is 3.56. The molecule has 0 saturated heterocycles. The van der Waals surface area contributed by atoms with Crippen LogP contribution >= 0.6 is 0 Å². The van der Waals surface area contributed by atoms with Crippen LogP contribution in [0, 0.1) is 23.3 Å². The number of nitrogen functional groups attached to an aromatic ring is 2. The number of allylic oxidation sites excluding steroid dienone is 2. The van der Waals surface area contributed by atoms with E-state index in [-0.39, 0.29) is 17.4 Å². The second-order valence-corrected chi connectivity index (χ2v) is 7.91. The number of benzene rings is 3. The van der Waals surface area contributed by atoms with Crippen LogP contribution in [-0.4, -0.2) is 16.0 Å². The first-order chi connectivity index (χ1) is 17.8. The number of hydrogen-bond acceptors (Lipinski definition) is 6. The lowest BCUT2D eigenvalue weighted by Gasteiger charge is -2.36. The van der Waals surface area contributed by atoms with Crippen LogP contribution in [0.4, 0.5) is 46.5 Å². The molecule has 0 atom stereocenters. The predicted molar refractivity (Wildman–Crippen MR) is 117 cm³/mol. The van der Waals surface area contributed by atoms with Gasteiger partial charge in [0.2, 0.25) is 11.7 Å². The largest absolute Gasteiger partial charge is 0.506 e. The SMILES string of the molecule is Nc1ccc(OC2(Oc3ccc(N)c(O)c3)C(F)=C(F)C(c3cc(F)c(F)c(F)c3F)C(F)=C2F)cc1O. The number of phenolic OH excluding ortho intramolecular Hbond substituents is 2. The first-order valence-corrected chi connectivity index (χ1v) is 10.3. The molecule has 0 amide bonds. The Bertz CT molecular complexity index is 1440. The molecule has 14 heteroatoms. The third kappa shape index (κ3) is 4.17. The Morgan fingerprint density at radius 2 is 1.08 bits per heavy atom. The Hall–Kier alpha value is -4.62. The fraction of sp³-hybridized carbons (Fsp3) is 0.0833. The summed E-state index contributed by atoms with van der Waals surface area (Å²) in [6.45, 7) is 0. The zero-order valence-corrected chi connectivity index (χ0v) is 18.5. The molecule has 6 nitrogen and oxygen atoms in total. The van der Waals surface area contributed by atoms with Crippen molar-refractivity contribution in [3.05, 3.63) is 94.6 Å². The highest BCUT2D eigenvalue weighted by Crippen LogP contribution is 2.52. The molecule has 1 aliphatic carbocycles. The number of nitrogens with two attached hydrogens (primary N) is 2. The second kappa shape index (κ2) is 9.36. The number of ether oxygens (including phenoxy) is 2. The predicted octanol–water partition coefficient (Wildman–Crippen LogP) is 6.07. The molecule has 0 bridgehead atoms. The molecule has 38 heavy (non-hydrogen) atoms. The van der Waals surface area contributed by atoms with Crippen molar-refractivity contribution in [1.82, 2.24) is 0 Å². The molecule has 0 radical (unpaired) electrons. The molecule has 4 rings (SSSR count). The van der Waals surface area contributed by atoms with Crippen LogP contribution in [0.3, 0.4) is 0 Å². The topological polar surface area (TPSA) is 111 Å². The van der Waals surface area contributed by atoms with Crippen molar-refractivity contribution in [3.63, 3.8) is 0 Å². The summed E-state index contributed by atoms with van der Waals surface area (Å²) in [6.07, 6.45) is 0. The van der Waals surface area contributed by atoms with Gasteiger partial charge in [-0.15, -0.1) is 0 Å². The number of halogens is 8. The molecule has 3 aromatic rings. The van der Waals surface area contributed by atoms with Gasteiger partial charge in [0, 0.05) is 17.7 Å². The number of hydrogen-bond donors (Lipinski definition) is 4. The standard InChI is InChI=1S/C24H14F8N2O4/c25-11-7-10(17(26)21(30)18(11)27)16-19(28)22(31)24(23(32)20(16)29,37-8-1-3-12(33)14(35)5-8)38-9-2-4-13(34)15(36)6-9/h1-7,16,35-36H,33-34H2. The van der Waals surface area contributed by atoms with Crippen molar-refractivity contribution in [2.75, 3.05) is 11.5 Å². The number of rotatable bonds is 5. The van der Waals surface area contributed by atoms with Crippen LogP contribution in [0.5, 0.6) is 23.0 Å². The second-order valence-electron chi connectivity index (χ2n) is 7.91. The van der Waals surface area contributed by atoms with Crippen LogP contribution in [0.25, 0.3) is 0 Å². The number of phenols is 2. The molecule has 0 heterocycles. The zero-order chi connectivity index (χ0) is 28.1. The summed E-state index contributed by atoms with van der Waals surface area (Å²) in [6, 6.07) is 5.06. The zero-order valence-electron chi connectivity index (χ0n) is 18.5. The minimum atomic E-state index is -3.80. The quantitative estimate of drug-likeness (QED) is 0.0772. The average Bonchev–Trinajstić information content (AvgIpc) is 2.87. The Morgan fingerprint density at radius 1 is 0.632 bits per heavy atom. The van der Waals surface area contributed by atoms with E-state index in [1.165, 1.54) is 0 Å². The molecule has 200 valence electrons. The maximum atomic E-state index is 15.7. The monoisotopic (exact) mass is 546 g/mol. The van der Waals surface area contributed by atoms with E-state index in [1.807, 2.05) is 0 Å². The van der Waals surface area contributed by atoms with Gasteiger partial charge in [-0.05, 0) is 30.3 Å². The van der Waals surface area contributed by atoms with Crippen molar-refractivity contribution in [3.8, 4) is 23.0 Å². The minimum Gasteiger partial charge on any atom is -0.506 e. The van der Waals surface area contributed by atoms with Gasteiger partial charge >= 0.3 is 5.79 Å². The van der Waals surface area contributed by atoms with E-state index in [2.05, 4.69) is 0 Å². The number of anilines is 2. The first kappa shape index (κ1) is 26.4. The van der Waals surface area contributed by atoms with Crippen LogP contribution < -0.4 is 20.9 Å². The molecule has 0 saturated carbocycles. The molecule has 0 aromatic heterocycles. The van der Waals surface area contributed by atoms with Crippen LogP contribution in [0.15, 0.2) is 65.8 Å². The first-order valence-electron chi connectivity index (χ1n) is 10.3. The fourth-order valence-electron chi connectivity index (χ4n) is 3.56. The van der Waals surface area contributed by atoms with Gasteiger partial charge in [0.05, 0.1) is 17.3 Å². The summed E-state index contributed by atoms with van der Waals surface area (Å²) in [5.41, 5.74) is 8.84. The van der Waals surface area contributed by atoms with Gasteiger partial charge < -0.3 is 31.2 Å². The van der Waals surface area contributed by atoms with Crippen molar-refractivity contribution in [2.24, 2.45) is 0 Å². The van der Waals surface area contributed by atoms with E-state index in [0.29, 0.717) is 12.1 Å². The lowest BCUT2D eigenvalue weighted by atomic mass is 9.88. The Labute approximate surface area is 207 Å². The Morgan fingerprint density at radius 3 is 1.50 bits per heavy atom. The maximum absolute atomic E-state index is 15.7. The van der Waals surface area contributed by atoms with E-state index in [4.69, 9.17) is 20.9 Å². The third-order valence-corrected chi connectivity index (χ3v) is 5.47. The van der Waals surface area contributed by atoms with Gasteiger partial charge in [0.1, 0.15) is 23.0 Å². The molecule has 3 aromatic carbocycles. The Kier molecular flexibility index (Phi) is 6.51. The molecule has 0 spiro atoms. The van der Waals surface area contributed by atoms with Crippen LogP contribution in [0.1, 0.15) is 11.5 Å². The van der Waals surface area contributed by atoms with Gasteiger partial charge in [-0.25, -0.2) is 26.3 Å². The van der Waals surface area contributed by atoms with Gasteiger partial charge in [0.25, 0.3) is 0 Å². The molecule has 0 fully saturated rings. The average molecular weight is 546 g/mol. The molecular weight excluding hydrogens is 532 g/mol. The summed E-state index contributed by atoms with van der Waals surface area (Å²) in [5, 5.41) is 19.6. The smallest absolute Gasteiger partial charge is 0.365 e. The van der Waals surface area contributed by atoms with Gasteiger partial charge in [-0.1, -0.05) is 0 Å². The lowest BCUT2D eigenvalue weighted by molar-refractivity contribution is -0.0888. The normalized spacial score (nSPS) is 15.7. The molecular formula is C24H14F8N2O4. The van der Waals surface area contributed by atoms with E-state index >= 15 is 17.6 Å². The highest BCUT2D eigenvalue weighted by atomic mass is 19.2. The summed E-state index contributed by atoms with van der Waals surface area (Å²) in [4.78, 5) is 0. The highest BCUT2D eigenvalue weighted by Gasteiger charge is 2.57. The van der Waals surface area contributed by atoms with Crippen molar-refractivity contribution < 1.29 is 54.8 Å². The molecule has 1 aliphatic rings. The lowest BCUT2D eigenvalue weighted by Crippen LogP contribution is -2.47. The number of aromatic hydroxyl groups is 2. The highest BCUT2D eigenvalue weighted by molar-refractivity contribution is 5.57. The van der Waals surface area contributed by atoms with E-state index in [0.717, 1.165) is 24.3 Å². The molecule has 0 unspecified atom stereocenters. The van der Waals surface area contributed by atoms with Crippen LogP contribution in [0.2, 0.25) is 0 Å². The summed E-state index contributed by atoms with van der Waals surface area (Å²) in [5.74, 6) is -28.3. The third-order valence-electron chi connectivity index (χ3n) is 5.47. The van der Waals surface area contributed by atoms with E-state index < -0.39 is 86.8 Å². The summed E-state index contributed by atoms with van der Waals surface area (Å²) >= 11 is 0. The molecule has 6 N–H and O–H groups in total. The van der Waals surface area contributed by atoms with Crippen molar-refractivity contribution in [2.45, 2.75) is 11.7 Å². The van der Waals surface area contributed by atoms with E-state index in [9.17, 15) is 27.8 Å². The van der Waals surface area contributed by atoms with E-state index in [1.54, 1.807) is 0 Å². The van der Waals surface area contributed by atoms with Crippen molar-refractivity contribution in [1.29, 1.82) is 0 Å².